The van der Waals surface area contributed by atoms with Gasteiger partial charge in [0.05, 0.1) is 5.69 Å². The summed E-state index contributed by atoms with van der Waals surface area (Å²) in [5.74, 6) is 0. The van der Waals surface area contributed by atoms with Gasteiger partial charge in [-0.15, -0.1) is 0 Å². The Morgan fingerprint density at radius 3 is 2.85 bits per heavy atom. The normalized spacial score (nSPS) is 14.9. The van der Waals surface area contributed by atoms with E-state index in [0.29, 0.717) is 0 Å². The molecular weight excluding hydrogens is 160 g/mol. The van der Waals surface area contributed by atoms with Crippen LogP contribution in [-0.2, 0) is 0 Å². The van der Waals surface area contributed by atoms with E-state index in [-0.39, 0.29) is 0 Å². The van der Waals surface area contributed by atoms with Crippen LogP contribution in [0, 0.1) is 0 Å². The summed E-state index contributed by atoms with van der Waals surface area (Å²) >= 11 is 0. The molecule has 13 heavy (non-hydrogen) atoms. The lowest BCUT2D eigenvalue weighted by Crippen LogP contribution is -2.08. The Bertz CT molecular complexity index is 377. The van der Waals surface area contributed by atoms with E-state index < -0.39 is 0 Å². The summed E-state index contributed by atoms with van der Waals surface area (Å²) in [6.07, 6.45) is 3.86. The van der Waals surface area contributed by atoms with Gasteiger partial charge in [-0.3, -0.25) is 5.01 Å². The molecule has 0 aliphatic carbocycles. The third-order valence-corrected chi connectivity index (χ3v) is 2.24. The largest absolute Gasteiger partial charge is 0.268 e. The first-order valence-corrected chi connectivity index (χ1v) is 4.33. The van der Waals surface area contributed by atoms with Crippen molar-refractivity contribution in [2.24, 2.45) is 5.10 Å². The van der Waals surface area contributed by atoms with Gasteiger partial charge >= 0.3 is 0 Å². The molecule has 0 radical (unpaired) electrons. The highest BCUT2D eigenvalue weighted by Crippen LogP contribution is 2.27. The molecule has 0 bridgehead atoms. The van der Waals surface area contributed by atoms with Gasteiger partial charge in [0.25, 0.3) is 0 Å². The van der Waals surface area contributed by atoms with Gasteiger partial charge in [0.1, 0.15) is 0 Å². The SMILES string of the molecule is CC1=CC=NN(C)c2ccccc21. The first-order chi connectivity index (χ1) is 6.29. The van der Waals surface area contributed by atoms with Gasteiger partial charge in [0.2, 0.25) is 0 Å². The van der Waals surface area contributed by atoms with E-state index in [0.717, 1.165) is 5.69 Å². The third-order valence-electron chi connectivity index (χ3n) is 2.24. The molecule has 0 amide bonds. The van der Waals surface area contributed by atoms with Gasteiger partial charge in [-0.1, -0.05) is 18.2 Å². The van der Waals surface area contributed by atoms with Gasteiger partial charge in [0, 0.05) is 18.8 Å². The van der Waals surface area contributed by atoms with Crippen molar-refractivity contribution in [1.29, 1.82) is 0 Å². The number of fused-ring (bicyclic) bond motifs is 1. The van der Waals surface area contributed by atoms with E-state index >= 15 is 0 Å². The Kier molecular flexibility index (Phi) is 1.89. The van der Waals surface area contributed by atoms with Crippen molar-refractivity contribution in [2.45, 2.75) is 6.92 Å². The average molecular weight is 172 g/mol. The fraction of sp³-hybridized carbons (Fsp3) is 0.182. The molecule has 1 aromatic rings. The maximum Gasteiger partial charge on any atom is 0.0665 e. The van der Waals surface area contributed by atoms with E-state index in [4.69, 9.17) is 0 Å². The van der Waals surface area contributed by atoms with Crippen LogP contribution >= 0.6 is 0 Å². The lowest BCUT2D eigenvalue weighted by molar-refractivity contribution is 1.02. The predicted octanol–water partition coefficient (Wildman–Crippen LogP) is 2.53. The maximum atomic E-state index is 4.25. The molecule has 1 aliphatic heterocycles. The number of hydrogen-bond acceptors (Lipinski definition) is 2. The van der Waals surface area contributed by atoms with Crippen molar-refractivity contribution in [2.75, 3.05) is 12.1 Å². The number of nitrogens with zero attached hydrogens (tertiary/aromatic N) is 2. The van der Waals surface area contributed by atoms with Crippen LogP contribution in [0.15, 0.2) is 35.4 Å². The Balaban J connectivity index is 2.62. The average Bonchev–Trinajstić information content (AvgIpc) is 2.29. The number of allylic oxidation sites excluding steroid dienone is 2. The van der Waals surface area contributed by atoms with E-state index in [1.165, 1.54) is 11.1 Å². The summed E-state index contributed by atoms with van der Waals surface area (Å²) < 4.78 is 0. The zero-order valence-electron chi connectivity index (χ0n) is 7.86. The summed E-state index contributed by atoms with van der Waals surface area (Å²) in [4.78, 5) is 0. The summed E-state index contributed by atoms with van der Waals surface area (Å²) in [6.45, 7) is 2.10. The number of anilines is 1. The van der Waals surface area contributed by atoms with Crippen molar-refractivity contribution in [1.82, 2.24) is 0 Å². The van der Waals surface area contributed by atoms with Gasteiger partial charge in [-0.05, 0) is 24.6 Å². The number of hydrogen-bond donors (Lipinski definition) is 0. The molecule has 1 aromatic carbocycles. The molecule has 1 aliphatic rings. The van der Waals surface area contributed by atoms with Crippen molar-refractivity contribution in [3.63, 3.8) is 0 Å². The number of hydrazone groups is 1. The standard InChI is InChI=1S/C11H12N2/c1-9-7-8-12-13(2)11-6-4-3-5-10(9)11/h3-8H,1-2H3. The molecule has 0 saturated carbocycles. The number of rotatable bonds is 0. The first-order valence-electron chi connectivity index (χ1n) is 4.33. The molecule has 1 heterocycles. The maximum absolute atomic E-state index is 4.25. The lowest BCUT2D eigenvalue weighted by Gasteiger charge is -2.15. The van der Waals surface area contributed by atoms with Crippen molar-refractivity contribution >= 4 is 17.5 Å². The molecular formula is C11H12N2. The van der Waals surface area contributed by atoms with E-state index in [1.807, 2.05) is 30.4 Å². The van der Waals surface area contributed by atoms with Gasteiger partial charge in [0.15, 0.2) is 0 Å². The van der Waals surface area contributed by atoms with Crippen LogP contribution in [-0.4, -0.2) is 13.3 Å². The van der Waals surface area contributed by atoms with Crippen LogP contribution < -0.4 is 5.01 Å². The minimum Gasteiger partial charge on any atom is -0.268 e. The van der Waals surface area contributed by atoms with E-state index in [2.05, 4.69) is 30.2 Å². The zero-order chi connectivity index (χ0) is 9.26. The molecule has 0 spiro atoms. The Morgan fingerprint density at radius 1 is 1.23 bits per heavy atom. The molecule has 0 atom stereocenters. The topological polar surface area (TPSA) is 15.6 Å². The monoisotopic (exact) mass is 172 g/mol. The molecule has 0 aromatic heterocycles. The molecule has 2 heteroatoms. The molecule has 0 unspecified atom stereocenters. The smallest absolute Gasteiger partial charge is 0.0665 e. The zero-order valence-corrected chi connectivity index (χ0v) is 7.86. The quantitative estimate of drug-likeness (QED) is 0.587. The van der Waals surface area contributed by atoms with Gasteiger partial charge in [-0.25, -0.2) is 0 Å². The molecule has 66 valence electrons. The van der Waals surface area contributed by atoms with Crippen molar-refractivity contribution in [3.8, 4) is 0 Å². The number of para-hydroxylation sites is 1. The second-order valence-corrected chi connectivity index (χ2v) is 3.15. The van der Waals surface area contributed by atoms with E-state index in [1.54, 1.807) is 0 Å². The van der Waals surface area contributed by atoms with Gasteiger partial charge in [-0.2, -0.15) is 5.10 Å². The molecule has 2 rings (SSSR count). The lowest BCUT2D eigenvalue weighted by atomic mass is 10.1. The summed E-state index contributed by atoms with van der Waals surface area (Å²) in [6, 6.07) is 8.28. The molecule has 0 N–H and O–H groups in total. The fourth-order valence-electron chi connectivity index (χ4n) is 1.49. The highest BCUT2D eigenvalue weighted by molar-refractivity contribution is 5.89. The van der Waals surface area contributed by atoms with Crippen LogP contribution in [0.4, 0.5) is 5.69 Å². The van der Waals surface area contributed by atoms with Crippen LogP contribution in [0.2, 0.25) is 0 Å². The van der Waals surface area contributed by atoms with Crippen LogP contribution in [0.3, 0.4) is 0 Å². The fourth-order valence-corrected chi connectivity index (χ4v) is 1.49. The summed E-state index contributed by atoms with van der Waals surface area (Å²) in [7, 11) is 1.96. The Morgan fingerprint density at radius 2 is 2.00 bits per heavy atom. The van der Waals surface area contributed by atoms with Crippen LogP contribution in [0.1, 0.15) is 12.5 Å². The van der Waals surface area contributed by atoms with Gasteiger partial charge < -0.3 is 0 Å². The van der Waals surface area contributed by atoms with E-state index in [9.17, 15) is 0 Å². The minimum absolute atomic E-state index is 1.16. The summed E-state index contributed by atoms with van der Waals surface area (Å²) in [5.41, 5.74) is 3.66. The second kappa shape index (κ2) is 3.05. The second-order valence-electron chi connectivity index (χ2n) is 3.15. The molecule has 0 saturated heterocycles. The van der Waals surface area contributed by atoms with Crippen LogP contribution in [0.5, 0.6) is 0 Å². The Labute approximate surface area is 78.2 Å². The third kappa shape index (κ3) is 1.35. The number of benzene rings is 1. The molecule has 2 nitrogen and oxygen atoms in total. The molecule has 0 fully saturated rings. The predicted molar refractivity (Wildman–Crippen MR) is 57.0 cm³/mol. The van der Waals surface area contributed by atoms with Crippen LogP contribution in [0.25, 0.3) is 5.57 Å². The highest BCUT2D eigenvalue weighted by Gasteiger charge is 2.08. The highest BCUT2D eigenvalue weighted by atomic mass is 15.4. The van der Waals surface area contributed by atoms with Crippen molar-refractivity contribution < 1.29 is 0 Å². The Hall–Kier alpha value is -1.57. The minimum atomic E-state index is 1.16. The summed E-state index contributed by atoms with van der Waals surface area (Å²) in [5, 5.41) is 6.14. The van der Waals surface area contributed by atoms with Crippen molar-refractivity contribution in [3.05, 3.63) is 35.9 Å². The first kappa shape index (κ1) is 8.05.